The number of aliphatic hydroxyl groups excluding tert-OH is 5. The Morgan fingerprint density at radius 2 is 1.74 bits per heavy atom. The topological polar surface area (TPSA) is 140 Å². The van der Waals surface area contributed by atoms with E-state index in [-0.39, 0.29) is 18.6 Å². The fraction of sp³-hybridized carbons (Fsp3) is 0.929. The van der Waals surface area contributed by atoms with Gasteiger partial charge >= 0.3 is 0 Å². The van der Waals surface area contributed by atoms with Crippen molar-refractivity contribution >= 4 is 5.91 Å². The molecule has 2 rings (SSSR count). The normalized spacial score (nSPS) is 44.0. The second-order valence-electron chi connectivity index (χ2n) is 5.99. The van der Waals surface area contributed by atoms with Crippen LogP contribution in [0, 0.1) is 0 Å². The zero-order chi connectivity index (χ0) is 17.3. The van der Waals surface area contributed by atoms with E-state index in [9.17, 15) is 25.2 Å². The fourth-order valence-corrected chi connectivity index (χ4v) is 3.21. The van der Waals surface area contributed by atoms with Crippen LogP contribution in [0.5, 0.6) is 0 Å². The molecule has 23 heavy (non-hydrogen) atoms. The lowest BCUT2D eigenvalue weighted by atomic mass is 9.87. The molecule has 134 valence electrons. The van der Waals surface area contributed by atoms with Crippen molar-refractivity contribution in [3.63, 3.8) is 0 Å². The Morgan fingerprint density at radius 3 is 2.26 bits per heavy atom. The molecule has 0 aromatic carbocycles. The molecule has 0 aromatic heterocycles. The average molecular weight is 335 g/mol. The van der Waals surface area contributed by atoms with Crippen molar-refractivity contribution in [3.05, 3.63) is 0 Å². The first-order valence-electron chi connectivity index (χ1n) is 7.72. The summed E-state index contributed by atoms with van der Waals surface area (Å²) in [6, 6.07) is -0.833. The van der Waals surface area contributed by atoms with Gasteiger partial charge in [-0.1, -0.05) is 6.92 Å². The SMILES string of the molecule is CCC1C(O)C(COC2OC(CO)C(O)C(O)[C@@H]2O)N1C(C)=O. The third-order valence-electron chi connectivity index (χ3n) is 4.56. The lowest BCUT2D eigenvalue weighted by molar-refractivity contribution is -0.307. The highest BCUT2D eigenvalue weighted by Crippen LogP contribution is 2.30. The molecule has 0 radical (unpaired) electrons. The monoisotopic (exact) mass is 335 g/mol. The van der Waals surface area contributed by atoms with Crippen LogP contribution in [0.3, 0.4) is 0 Å². The molecule has 0 saturated carbocycles. The number of nitrogens with zero attached hydrogens (tertiary/aromatic N) is 1. The minimum Gasteiger partial charge on any atom is -0.394 e. The van der Waals surface area contributed by atoms with Crippen molar-refractivity contribution in [1.29, 1.82) is 0 Å². The Bertz CT molecular complexity index is 420. The molecule has 2 aliphatic heterocycles. The van der Waals surface area contributed by atoms with Crippen LogP contribution in [0.2, 0.25) is 0 Å². The van der Waals surface area contributed by atoms with Gasteiger partial charge in [0.05, 0.1) is 31.4 Å². The molecule has 2 aliphatic rings. The maximum Gasteiger partial charge on any atom is 0.220 e. The van der Waals surface area contributed by atoms with Gasteiger partial charge in [0.2, 0.25) is 5.91 Å². The Balaban J connectivity index is 1.95. The Hall–Kier alpha value is -0.810. The van der Waals surface area contributed by atoms with E-state index in [0.29, 0.717) is 6.42 Å². The predicted molar refractivity (Wildman–Crippen MR) is 76.1 cm³/mol. The summed E-state index contributed by atoms with van der Waals surface area (Å²) >= 11 is 0. The predicted octanol–water partition coefficient (Wildman–Crippen LogP) is -2.83. The van der Waals surface area contributed by atoms with E-state index in [1.54, 1.807) is 0 Å². The van der Waals surface area contributed by atoms with Crippen LogP contribution >= 0.6 is 0 Å². The summed E-state index contributed by atoms with van der Waals surface area (Å²) < 4.78 is 10.6. The summed E-state index contributed by atoms with van der Waals surface area (Å²) in [4.78, 5) is 13.1. The molecule has 2 saturated heterocycles. The maximum absolute atomic E-state index is 11.6. The van der Waals surface area contributed by atoms with Crippen molar-refractivity contribution in [1.82, 2.24) is 4.90 Å². The van der Waals surface area contributed by atoms with Gasteiger partial charge in [-0.3, -0.25) is 4.79 Å². The highest BCUT2D eigenvalue weighted by molar-refractivity contribution is 5.75. The standard InChI is InChI=1S/C14H25NO8/c1-3-7-10(18)8(15(7)6(2)17)5-22-14-13(21)12(20)11(19)9(4-16)23-14/h7-14,16,18-21H,3-5H2,1-2H3/t7?,8?,9?,10?,11?,12?,13-,14?/m0/s1. The highest BCUT2D eigenvalue weighted by atomic mass is 16.7. The number of carbonyl (C=O) groups excluding carboxylic acids is 1. The summed E-state index contributed by atoms with van der Waals surface area (Å²) in [7, 11) is 0. The van der Waals surface area contributed by atoms with Crippen LogP contribution in [-0.4, -0.2) is 98.4 Å². The fourth-order valence-electron chi connectivity index (χ4n) is 3.21. The van der Waals surface area contributed by atoms with Gasteiger partial charge in [0, 0.05) is 6.92 Å². The molecule has 0 aliphatic carbocycles. The highest BCUT2D eigenvalue weighted by Gasteiger charge is 2.49. The maximum atomic E-state index is 11.6. The summed E-state index contributed by atoms with van der Waals surface area (Å²) in [6.07, 6.45) is -6.94. The molecule has 8 atom stereocenters. The van der Waals surface area contributed by atoms with Gasteiger partial charge in [-0.2, -0.15) is 0 Å². The first-order valence-corrected chi connectivity index (χ1v) is 7.72. The Labute approximate surface area is 134 Å². The second-order valence-corrected chi connectivity index (χ2v) is 5.99. The largest absolute Gasteiger partial charge is 0.394 e. The molecule has 5 N–H and O–H groups in total. The van der Waals surface area contributed by atoms with Gasteiger partial charge in [0.25, 0.3) is 0 Å². The van der Waals surface area contributed by atoms with Crippen LogP contribution in [0.15, 0.2) is 0 Å². The van der Waals surface area contributed by atoms with Gasteiger partial charge < -0.3 is 39.9 Å². The lowest BCUT2D eigenvalue weighted by Gasteiger charge is -2.52. The number of carbonyl (C=O) groups is 1. The number of hydrogen-bond acceptors (Lipinski definition) is 8. The molecule has 9 nitrogen and oxygen atoms in total. The molecule has 7 unspecified atom stereocenters. The smallest absolute Gasteiger partial charge is 0.220 e. The third-order valence-corrected chi connectivity index (χ3v) is 4.56. The first kappa shape index (κ1) is 18.5. The molecular formula is C14H25NO8. The Kier molecular flexibility index (Phi) is 5.95. The van der Waals surface area contributed by atoms with Crippen molar-refractivity contribution in [3.8, 4) is 0 Å². The van der Waals surface area contributed by atoms with Crippen molar-refractivity contribution in [2.24, 2.45) is 0 Å². The number of amides is 1. The molecular weight excluding hydrogens is 310 g/mol. The molecule has 9 heteroatoms. The van der Waals surface area contributed by atoms with E-state index < -0.39 is 49.5 Å². The van der Waals surface area contributed by atoms with Crippen molar-refractivity contribution in [2.45, 2.75) is 69.2 Å². The number of likely N-dealkylation sites (tertiary alicyclic amines) is 1. The van der Waals surface area contributed by atoms with Gasteiger partial charge in [0.15, 0.2) is 6.29 Å². The number of ether oxygens (including phenoxy) is 2. The van der Waals surface area contributed by atoms with E-state index in [2.05, 4.69) is 0 Å². The molecule has 2 heterocycles. The zero-order valence-corrected chi connectivity index (χ0v) is 13.1. The lowest BCUT2D eigenvalue weighted by Crippen LogP contribution is -2.70. The minimum absolute atomic E-state index is 0.0973. The summed E-state index contributed by atoms with van der Waals surface area (Å²) in [6.45, 7) is 2.61. The van der Waals surface area contributed by atoms with Crippen LogP contribution in [0.1, 0.15) is 20.3 Å². The Morgan fingerprint density at radius 1 is 1.09 bits per heavy atom. The summed E-state index contributed by atoms with van der Waals surface area (Å²) in [5.41, 5.74) is 0. The molecule has 0 bridgehead atoms. The molecule has 0 spiro atoms. The molecule has 2 fully saturated rings. The van der Waals surface area contributed by atoms with E-state index in [1.165, 1.54) is 11.8 Å². The van der Waals surface area contributed by atoms with Gasteiger partial charge in [-0.05, 0) is 6.42 Å². The number of hydrogen-bond donors (Lipinski definition) is 5. The summed E-state index contributed by atoms with van der Waals surface area (Å²) in [5.74, 6) is -0.190. The second kappa shape index (κ2) is 7.39. The van der Waals surface area contributed by atoms with E-state index in [0.717, 1.165) is 0 Å². The molecule has 0 aromatic rings. The number of rotatable bonds is 5. The first-order chi connectivity index (χ1) is 10.8. The zero-order valence-electron chi connectivity index (χ0n) is 13.1. The molecule has 1 amide bonds. The van der Waals surface area contributed by atoms with Crippen LogP contribution < -0.4 is 0 Å². The van der Waals surface area contributed by atoms with E-state index in [1.807, 2.05) is 6.92 Å². The third kappa shape index (κ3) is 3.36. The van der Waals surface area contributed by atoms with Crippen molar-refractivity contribution in [2.75, 3.05) is 13.2 Å². The number of aliphatic hydroxyl groups is 5. The van der Waals surface area contributed by atoms with Gasteiger partial charge in [0.1, 0.15) is 24.4 Å². The van der Waals surface area contributed by atoms with E-state index >= 15 is 0 Å². The van der Waals surface area contributed by atoms with Gasteiger partial charge in [-0.15, -0.1) is 0 Å². The average Bonchev–Trinajstić information content (AvgIpc) is 2.52. The van der Waals surface area contributed by atoms with Crippen molar-refractivity contribution < 1.29 is 39.8 Å². The quantitative estimate of drug-likeness (QED) is 0.362. The van der Waals surface area contributed by atoms with Crippen LogP contribution in [0.25, 0.3) is 0 Å². The minimum atomic E-state index is -1.52. The van der Waals surface area contributed by atoms with E-state index in [4.69, 9.17) is 14.6 Å². The van der Waals surface area contributed by atoms with Crippen LogP contribution in [0.4, 0.5) is 0 Å². The van der Waals surface area contributed by atoms with Gasteiger partial charge in [-0.25, -0.2) is 0 Å². The van der Waals surface area contributed by atoms with Crippen LogP contribution in [-0.2, 0) is 14.3 Å². The summed E-state index contributed by atoms with van der Waals surface area (Å²) in [5, 5.41) is 48.4.